The number of fused-ring (bicyclic) bond motifs is 8. The van der Waals surface area contributed by atoms with Gasteiger partial charge >= 0.3 is 0 Å². The third-order valence-electron chi connectivity index (χ3n) is 14.7. The van der Waals surface area contributed by atoms with Crippen molar-refractivity contribution in [3.8, 4) is 89.8 Å². The summed E-state index contributed by atoms with van der Waals surface area (Å²) in [7, 11) is 0. The fourth-order valence-electron chi connectivity index (χ4n) is 11.7. The molecule has 0 saturated heterocycles. The first-order chi connectivity index (χ1) is 33.7. The molecule has 2 heterocycles. The van der Waals surface area contributed by atoms with Crippen molar-refractivity contribution in [2.45, 2.75) is 0 Å². The standard InChI is InChI=1S/C66H38O2/c1-3-17-43-39(13-1)15-9-21-45(43)41-30-32-56-57(37-41)63(53-34-33-52-48-20-6-8-27-60(48)67-61-28-12-25-51(53)66(52)61)55-31-29-42(46-22-10-16-40-14-2-4-18-44(40)46)38-58(55)64(56)54-35-36-62-65-49(23-11-24-50(54)65)47-19-5-7-26-59(47)68-62/h1-38H. The van der Waals surface area contributed by atoms with Crippen molar-refractivity contribution in [1.82, 2.24) is 0 Å². The van der Waals surface area contributed by atoms with Crippen molar-refractivity contribution < 1.29 is 9.47 Å². The topological polar surface area (TPSA) is 18.5 Å². The van der Waals surface area contributed by atoms with E-state index in [0.29, 0.717) is 0 Å². The molecule has 0 fully saturated rings. The fourth-order valence-corrected chi connectivity index (χ4v) is 11.7. The zero-order valence-corrected chi connectivity index (χ0v) is 36.8. The van der Waals surface area contributed by atoms with Crippen LogP contribution in [0.5, 0.6) is 23.0 Å². The van der Waals surface area contributed by atoms with Gasteiger partial charge in [0.05, 0.1) is 0 Å². The molecule has 0 atom stereocenters. The lowest BCUT2D eigenvalue weighted by molar-refractivity contribution is 0.487. The summed E-state index contributed by atoms with van der Waals surface area (Å²) in [6.45, 7) is 0. The lowest BCUT2D eigenvalue weighted by Crippen LogP contribution is -1.99. The number of rotatable bonds is 4. The van der Waals surface area contributed by atoms with E-state index in [0.717, 1.165) is 55.7 Å². The maximum absolute atomic E-state index is 6.70. The Labute approximate surface area is 392 Å². The van der Waals surface area contributed by atoms with Gasteiger partial charge in [0.2, 0.25) is 0 Å². The second kappa shape index (κ2) is 14.3. The molecule has 2 heteroatoms. The third kappa shape index (κ3) is 5.34. The molecular weight excluding hydrogens is 825 g/mol. The van der Waals surface area contributed by atoms with Gasteiger partial charge < -0.3 is 9.47 Å². The Morgan fingerprint density at radius 2 is 0.588 bits per heavy atom. The maximum atomic E-state index is 6.70. The predicted octanol–water partition coefficient (Wildman–Crippen LogP) is 18.8. The van der Waals surface area contributed by atoms with E-state index in [1.165, 1.54) is 98.7 Å². The Hall–Kier alpha value is -8.98. The number of para-hydroxylation sites is 2. The molecule has 68 heavy (non-hydrogen) atoms. The molecule has 2 aliphatic heterocycles. The monoisotopic (exact) mass is 862 g/mol. The van der Waals surface area contributed by atoms with E-state index in [2.05, 4.69) is 218 Å². The van der Waals surface area contributed by atoms with Crippen molar-refractivity contribution in [1.29, 1.82) is 0 Å². The Bertz CT molecular complexity index is 4090. The summed E-state index contributed by atoms with van der Waals surface area (Å²) >= 11 is 0. The number of ether oxygens (including phenoxy) is 2. The molecule has 2 nitrogen and oxygen atoms in total. The van der Waals surface area contributed by atoms with Gasteiger partial charge in [-0.2, -0.15) is 0 Å². The molecule has 15 rings (SSSR count). The van der Waals surface area contributed by atoms with Gasteiger partial charge in [0.25, 0.3) is 0 Å². The molecule has 0 bridgehead atoms. The first-order valence-corrected chi connectivity index (χ1v) is 23.4. The fraction of sp³-hybridized carbons (Fsp3) is 0. The van der Waals surface area contributed by atoms with E-state index >= 15 is 0 Å². The minimum atomic E-state index is 0.880. The van der Waals surface area contributed by atoms with Crippen LogP contribution in [-0.2, 0) is 0 Å². The highest BCUT2D eigenvalue weighted by molar-refractivity contribution is 6.28. The molecular formula is C66H38O2. The summed E-state index contributed by atoms with van der Waals surface area (Å²) in [4.78, 5) is 0. The minimum absolute atomic E-state index is 0.880. The van der Waals surface area contributed by atoms with Gasteiger partial charge in [0, 0.05) is 21.9 Å². The van der Waals surface area contributed by atoms with E-state index in [9.17, 15) is 0 Å². The van der Waals surface area contributed by atoms with Crippen LogP contribution in [0.15, 0.2) is 231 Å². The smallest absolute Gasteiger partial charge is 0.135 e. The molecule has 0 amide bonds. The van der Waals surface area contributed by atoms with Crippen molar-refractivity contribution in [3.63, 3.8) is 0 Å². The van der Waals surface area contributed by atoms with Gasteiger partial charge in [-0.25, -0.2) is 0 Å². The predicted molar refractivity (Wildman–Crippen MR) is 284 cm³/mol. The molecule has 0 spiro atoms. The summed E-state index contributed by atoms with van der Waals surface area (Å²) < 4.78 is 13.4. The number of hydrogen-bond acceptors (Lipinski definition) is 2. The van der Waals surface area contributed by atoms with Gasteiger partial charge in [-0.05, 0) is 152 Å². The first-order valence-electron chi connectivity index (χ1n) is 23.4. The van der Waals surface area contributed by atoms with Crippen LogP contribution in [0.4, 0.5) is 0 Å². The van der Waals surface area contributed by atoms with Crippen molar-refractivity contribution in [2.75, 3.05) is 0 Å². The van der Waals surface area contributed by atoms with Crippen LogP contribution in [0.25, 0.3) is 131 Å². The minimum Gasteiger partial charge on any atom is -0.456 e. The maximum Gasteiger partial charge on any atom is 0.135 e. The van der Waals surface area contributed by atoms with Crippen LogP contribution in [0.2, 0.25) is 0 Å². The van der Waals surface area contributed by atoms with Crippen LogP contribution < -0.4 is 9.47 Å². The van der Waals surface area contributed by atoms with Crippen LogP contribution in [0, 0.1) is 0 Å². The van der Waals surface area contributed by atoms with Crippen LogP contribution in [0.1, 0.15) is 0 Å². The van der Waals surface area contributed by atoms with Crippen molar-refractivity contribution >= 4 is 64.6 Å². The molecule has 0 radical (unpaired) electrons. The second-order valence-electron chi connectivity index (χ2n) is 18.2. The first kappa shape index (κ1) is 37.3. The van der Waals surface area contributed by atoms with Gasteiger partial charge in [0.1, 0.15) is 23.0 Å². The largest absolute Gasteiger partial charge is 0.456 e. The van der Waals surface area contributed by atoms with E-state index in [4.69, 9.17) is 9.47 Å². The Kier molecular flexibility index (Phi) is 7.81. The van der Waals surface area contributed by atoms with Crippen molar-refractivity contribution in [3.05, 3.63) is 231 Å². The van der Waals surface area contributed by atoms with Crippen molar-refractivity contribution in [2.24, 2.45) is 0 Å². The zero-order chi connectivity index (χ0) is 44.5. The highest BCUT2D eigenvalue weighted by atomic mass is 16.5. The molecule has 2 aliphatic rings. The molecule has 0 aromatic heterocycles. The lowest BCUT2D eigenvalue weighted by Gasteiger charge is -2.25. The quantitative estimate of drug-likeness (QED) is 0.164. The third-order valence-corrected chi connectivity index (χ3v) is 14.7. The molecule has 13 aromatic rings. The summed E-state index contributed by atoms with van der Waals surface area (Å²) in [6.07, 6.45) is 0. The summed E-state index contributed by atoms with van der Waals surface area (Å²) in [6, 6.07) is 84.4. The molecule has 0 aliphatic carbocycles. The van der Waals surface area contributed by atoms with E-state index in [1.807, 2.05) is 12.1 Å². The highest BCUT2D eigenvalue weighted by Gasteiger charge is 2.27. The molecule has 0 unspecified atom stereocenters. The highest BCUT2D eigenvalue weighted by Crippen LogP contribution is 2.55. The van der Waals surface area contributed by atoms with Crippen LogP contribution in [-0.4, -0.2) is 0 Å². The van der Waals surface area contributed by atoms with E-state index < -0.39 is 0 Å². The Balaban J connectivity index is 1.11. The Morgan fingerprint density at radius 1 is 0.206 bits per heavy atom. The second-order valence-corrected chi connectivity index (χ2v) is 18.2. The molecule has 13 aromatic carbocycles. The summed E-state index contributed by atoms with van der Waals surface area (Å²) in [5.74, 6) is 3.53. The molecule has 314 valence electrons. The Morgan fingerprint density at radius 3 is 1.18 bits per heavy atom. The van der Waals surface area contributed by atoms with E-state index in [1.54, 1.807) is 0 Å². The zero-order valence-electron chi connectivity index (χ0n) is 36.8. The summed E-state index contributed by atoms with van der Waals surface area (Å²) in [5.41, 5.74) is 14.1. The summed E-state index contributed by atoms with van der Waals surface area (Å²) in [5, 5.41) is 14.3. The molecule has 0 saturated carbocycles. The molecule has 0 N–H and O–H groups in total. The average Bonchev–Trinajstić information content (AvgIpc) is 3.40. The van der Waals surface area contributed by atoms with E-state index in [-0.39, 0.29) is 0 Å². The van der Waals surface area contributed by atoms with Gasteiger partial charge in [-0.3, -0.25) is 0 Å². The normalized spacial score (nSPS) is 12.4. The lowest BCUT2D eigenvalue weighted by atomic mass is 9.80. The van der Waals surface area contributed by atoms with Crippen LogP contribution in [0.3, 0.4) is 0 Å². The van der Waals surface area contributed by atoms with Gasteiger partial charge in [-0.15, -0.1) is 0 Å². The SMILES string of the molecule is c1ccc2c(c1)Oc1ccc(-c3c4ccc(-c5cccc6ccccc56)cc4c(-c4ccc5c6c(cccc46)Oc4ccccc4-5)c4ccc(-c5cccc6ccccc56)cc34)c3cccc-2c13. The van der Waals surface area contributed by atoms with Gasteiger partial charge in [-0.1, -0.05) is 188 Å². The number of benzene rings is 13. The average molecular weight is 863 g/mol. The number of hydrogen-bond donors (Lipinski definition) is 0. The van der Waals surface area contributed by atoms with Crippen LogP contribution >= 0.6 is 0 Å². The van der Waals surface area contributed by atoms with Gasteiger partial charge in [0.15, 0.2) is 0 Å².